The highest BCUT2D eigenvalue weighted by Gasteiger charge is 2.13. The Hall–Kier alpha value is -4.39. The summed E-state index contributed by atoms with van der Waals surface area (Å²) in [5.41, 5.74) is 6.18. The van der Waals surface area contributed by atoms with E-state index in [4.69, 9.17) is 20.5 Å². The summed E-state index contributed by atoms with van der Waals surface area (Å²) in [5.74, 6) is -0.863. The Morgan fingerprint density at radius 1 is 1.27 bits per heavy atom. The Morgan fingerprint density at radius 3 is 2.60 bits per heavy atom. The first-order valence-electron chi connectivity index (χ1n) is 8.52. The third-order valence-corrected chi connectivity index (χ3v) is 3.95. The molecule has 0 atom stereocenters. The standard InChI is InChI=1S/C20H18N4O6/c1-12-3-5-15(24(27)28)9-16(12)23-19(25)11-30-17-6-4-13(8-18(17)29-2)7-14(10-21)20(22)26/h3-9H,11H2,1-2H3,(H2,22,26)(H,23,25)/b14-7-. The van der Waals surface area contributed by atoms with Crippen LogP contribution in [0.1, 0.15) is 11.1 Å². The molecule has 0 radical (unpaired) electrons. The topological polar surface area (TPSA) is 158 Å². The molecule has 0 fully saturated rings. The molecular weight excluding hydrogens is 392 g/mol. The van der Waals surface area contributed by atoms with Crippen LogP contribution in [0.4, 0.5) is 11.4 Å². The third-order valence-electron chi connectivity index (χ3n) is 3.95. The molecule has 2 rings (SSSR count). The van der Waals surface area contributed by atoms with Gasteiger partial charge in [-0.1, -0.05) is 12.1 Å². The summed E-state index contributed by atoms with van der Waals surface area (Å²) >= 11 is 0. The van der Waals surface area contributed by atoms with Gasteiger partial charge in [0.05, 0.1) is 17.7 Å². The average molecular weight is 410 g/mol. The van der Waals surface area contributed by atoms with Gasteiger partial charge in [0.25, 0.3) is 17.5 Å². The number of nitrogens with two attached hydrogens (primary N) is 1. The van der Waals surface area contributed by atoms with E-state index in [1.165, 1.54) is 43.5 Å². The van der Waals surface area contributed by atoms with Crippen LogP contribution in [0.5, 0.6) is 11.5 Å². The lowest BCUT2D eigenvalue weighted by Crippen LogP contribution is -2.21. The fourth-order valence-electron chi connectivity index (χ4n) is 2.41. The molecule has 3 N–H and O–H groups in total. The molecule has 0 saturated carbocycles. The first-order valence-corrected chi connectivity index (χ1v) is 8.52. The van der Waals surface area contributed by atoms with E-state index in [1.54, 1.807) is 19.1 Å². The molecule has 0 aliphatic heterocycles. The number of ether oxygens (including phenoxy) is 2. The van der Waals surface area contributed by atoms with Crippen molar-refractivity contribution >= 4 is 29.3 Å². The summed E-state index contributed by atoms with van der Waals surface area (Å²) in [6.45, 7) is 1.33. The maximum Gasteiger partial charge on any atom is 0.271 e. The van der Waals surface area contributed by atoms with Gasteiger partial charge in [-0.25, -0.2) is 0 Å². The number of carbonyl (C=O) groups is 2. The number of primary amides is 1. The number of nitrogens with zero attached hydrogens (tertiary/aromatic N) is 2. The number of aryl methyl sites for hydroxylation is 1. The van der Waals surface area contributed by atoms with Crippen LogP contribution >= 0.6 is 0 Å². The van der Waals surface area contributed by atoms with Crippen molar-refractivity contribution in [2.24, 2.45) is 5.73 Å². The Morgan fingerprint density at radius 2 is 2.00 bits per heavy atom. The number of nitro benzene ring substituents is 1. The monoisotopic (exact) mass is 410 g/mol. The lowest BCUT2D eigenvalue weighted by Gasteiger charge is -2.12. The number of methoxy groups -OCH3 is 1. The van der Waals surface area contributed by atoms with Crippen LogP contribution in [0.25, 0.3) is 6.08 Å². The Kier molecular flexibility index (Phi) is 7.08. The van der Waals surface area contributed by atoms with Crippen LogP contribution in [0, 0.1) is 28.4 Å². The SMILES string of the molecule is COc1cc(/C=C(/C#N)C(N)=O)ccc1OCC(=O)Nc1cc([N+](=O)[O-])ccc1C. The first-order chi connectivity index (χ1) is 14.2. The van der Waals surface area contributed by atoms with E-state index in [1.807, 2.05) is 0 Å². The highest BCUT2D eigenvalue weighted by atomic mass is 16.6. The van der Waals surface area contributed by atoms with E-state index in [9.17, 15) is 19.7 Å². The number of nitrogens with one attached hydrogen (secondary N) is 1. The number of hydrogen-bond acceptors (Lipinski definition) is 7. The number of anilines is 1. The van der Waals surface area contributed by atoms with Crippen molar-refractivity contribution in [3.8, 4) is 17.6 Å². The van der Waals surface area contributed by atoms with E-state index in [2.05, 4.69) is 5.32 Å². The van der Waals surface area contributed by atoms with Crippen molar-refractivity contribution in [2.45, 2.75) is 6.92 Å². The average Bonchev–Trinajstić information content (AvgIpc) is 2.71. The molecule has 30 heavy (non-hydrogen) atoms. The van der Waals surface area contributed by atoms with E-state index in [0.29, 0.717) is 16.8 Å². The minimum atomic E-state index is -0.857. The number of nitro groups is 1. The first kappa shape index (κ1) is 21.9. The van der Waals surface area contributed by atoms with Gasteiger partial charge < -0.3 is 20.5 Å². The summed E-state index contributed by atoms with van der Waals surface area (Å²) < 4.78 is 10.7. The van der Waals surface area contributed by atoms with Crippen LogP contribution in [-0.4, -0.2) is 30.5 Å². The number of non-ortho nitro benzene ring substituents is 1. The Bertz CT molecular complexity index is 1070. The van der Waals surface area contributed by atoms with Gasteiger partial charge in [0.15, 0.2) is 18.1 Å². The second-order valence-corrected chi connectivity index (χ2v) is 6.04. The molecule has 0 bridgehead atoms. The van der Waals surface area contributed by atoms with Crippen LogP contribution in [0.15, 0.2) is 42.0 Å². The number of hydrogen-bond donors (Lipinski definition) is 2. The van der Waals surface area contributed by atoms with Gasteiger partial charge in [0.1, 0.15) is 11.6 Å². The zero-order chi connectivity index (χ0) is 22.3. The number of amides is 2. The minimum Gasteiger partial charge on any atom is -0.493 e. The fraction of sp³-hybridized carbons (Fsp3) is 0.150. The summed E-state index contributed by atoms with van der Waals surface area (Å²) in [6, 6.07) is 10.4. The summed E-state index contributed by atoms with van der Waals surface area (Å²) in [4.78, 5) is 33.7. The second kappa shape index (κ2) is 9.70. The van der Waals surface area contributed by atoms with Crippen LogP contribution in [0.2, 0.25) is 0 Å². The number of carbonyl (C=O) groups excluding carboxylic acids is 2. The zero-order valence-corrected chi connectivity index (χ0v) is 16.2. The Labute approximate surface area is 171 Å². The second-order valence-electron chi connectivity index (χ2n) is 6.04. The molecule has 2 amide bonds. The van der Waals surface area contributed by atoms with Gasteiger partial charge in [0.2, 0.25) is 0 Å². The quantitative estimate of drug-likeness (QED) is 0.292. The lowest BCUT2D eigenvalue weighted by atomic mass is 10.1. The smallest absolute Gasteiger partial charge is 0.271 e. The molecule has 0 unspecified atom stereocenters. The Balaban J connectivity index is 2.11. The van der Waals surface area contributed by atoms with E-state index >= 15 is 0 Å². The van der Waals surface area contributed by atoms with Gasteiger partial charge in [-0.3, -0.25) is 19.7 Å². The molecule has 0 saturated heterocycles. The van der Waals surface area contributed by atoms with Crippen molar-refractivity contribution in [2.75, 3.05) is 19.0 Å². The van der Waals surface area contributed by atoms with Crippen LogP contribution in [-0.2, 0) is 9.59 Å². The molecule has 2 aromatic carbocycles. The maximum atomic E-state index is 12.2. The highest BCUT2D eigenvalue weighted by Crippen LogP contribution is 2.29. The van der Waals surface area contributed by atoms with E-state index in [0.717, 1.165) is 0 Å². The van der Waals surface area contributed by atoms with Crippen molar-refractivity contribution in [3.63, 3.8) is 0 Å². The molecule has 10 nitrogen and oxygen atoms in total. The maximum absolute atomic E-state index is 12.2. The van der Waals surface area contributed by atoms with E-state index in [-0.39, 0.29) is 29.4 Å². The van der Waals surface area contributed by atoms with Crippen LogP contribution < -0.4 is 20.5 Å². The normalized spacial score (nSPS) is 10.6. The number of rotatable bonds is 8. The fourth-order valence-corrected chi connectivity index (χ4v) is 2.41. The van der Waals surface area contributed by atoms with Gasteiger partial charge >= 0.3 is 0 Å². The molecule has 0 aliphatic rings. The van der Waals surface area contributed by atoms with Crippen molar-refractivity contribution in [3.05, 3.63) is 63.2 Å². The summed E-state index contributed by atoms with van der Waals surface area (Å²) in [6.07, 6.45) is 1.30. The largest absolute Gasteiger partial charge is 0.493 e. The molecule has 2 aromatic rings. The number of nitriles is 1. The molecule has 0 spiro atoms. The van der Waals surface area contributed by atoms with Crippen LogP contribution in [0.3, 0.4) is 0 Å². The molecule has 0 aromatic heterocycles. The predicted molar refractivity (Wildman–Crippen MR) is 108 cm³/mol. The molecular formula is C20H18N4O6. The predicted octanol–water partition coefficient (Wildman–Crippen LogP) is 2.32. The van der Waals surface area contributed by atoms with Crippen molar-refractivity contribution in [1.29, 1.82) is 5.26 Å². The summed E-state index contributed by atoms with van der Waals surface area (Å²) in [7, 11) is 1.39. The van der Waals surface area contributed by atoms with Gasteiger partial charge in [-0.15, -0.1) is 0 Å². The minimum absolute atomic E-state index is 0.144. The lowest BCUT2D eigenvalue weighted by molar-refractivity contribution is -0.384. The number of benzene rings is 2. The van der Waals surface area contributed by atoms with Crippen molar-refractivity contribution < 1.29 is 24.0 Å². The zero-order valence-electron chi connectivity index (χ0n) is 16.2. The van der Waals surface area contributed by atoms with Gasteiger partial charge in [-0.2, -0.15) is 5.26 Å². The molecule has 0 heterocycles. The summed E-state index contributed by atoms with van der Waals surface area (Å²) in [5, 5.41) is 22.4. The van der Waals surface area contributed by atoms with Crippen molar-refractivity contribution in [1.82, 2.24) is 0 Å². The van der Waals surface area contributed by atoms with Gasteiger partial charge in [0, 0.05) is 12.1 Å². The molecule has 154 valence electrons. The van der Waals surface area contributed by atoms with E-state index < -0.39 is 16.7 Å². The third kappa shape index (κ3) is 5.56. The molecule has 10 heteroatoms. The highest BCUT2D eigenvalue weighted by molar-refractivity contribution is 6.00. The van der Waals surface area contributed by atoms with Gasteiger partial charge in [-0.05, 0) is 36.3 Å². The molecule has 0 aliphatic carbocycles.